The van der Waals surface area contributed by atoms with Crippen molar-refractivity contribution in [3.8, 4) is 11.4 Å². The van der Waals surface area contributed by atoms with Gasteiger partial charge in [-0.2, -0.15) is 0 Å². The van der Waals surface area contributed by atoms with Gasteiger partial charge in [0.05, 0.1) is 11.8 Å². The number of nitrogen functional groups attached to an aromatic ring is 1. The topological polar surface area (TPSA) is 99.0 Å². The van der Waals surface area contributed by atoms with E-state index in [9.17, 15) is 4.79 Å². The SMILES string of the molecule is Cc1occc1-c1nnc(SCCC(=O)NCc2ccccc2Cl)n1N. The second-order valence-corrected chi connectivity index (χ2v) is 7.00. The first-order chi connectivity index (χ1) is 12.6. The number of nitrogens with one attached hydrogen (secondary N) is 1. The molecule has 26 heavy (non-hydrogen) atoms. The van der Waals surface area contributed by atoms with Crippen molar-refractivity contribution in [3.05, 3.63) is 52.9 Å². The van der Waals surface area contributed by atoms with Crippen LogP contribution in [0.25, 0.3) is 11.4 Å². The number of thioether (sulfide) groups is 1. The Morgan fingerprint density at radius 2 is 2.15 bits per heavy atom. The van der Waals surface area contributed by atoms with Crippen molar-refractivity contribution in [3.63, 3.8) is 0 Å². The molecule has 0 aliphatic carbocycles. The van der Waals surface area contributed by atoms with Crippen LogP contribution in [0.4, 0.5) is 0 Å². The molecule has 0 aliphatic rings. The van der Waals surface area contributed by atoms with E-state index in [4.69, 9.17) is 21.9 Å². The largest absolute Gasteiger partial charge is 0.469 e. The maximum atomic E-state index is 12.0. The second kappa shape index (κ2) is 8.29. The van der Waals surface area contributed by atoms with Crippen LogP contribution >= 0.6 is 23.4 Å². The lowest BCUT2D eigenvalue weighted by atomic mass is 10.2. The van der Waals surface area contributed by atoms with Gasteiger partial charge in [0, 0.05) is 23.7 Å². The molecule has 7 nitrogen and oxygen atoms in total. The molecule has 1 aromatic carbocycles. The van der Waals surface area contributed by atoms with Gasteiger partial charge in [-0.15, -0.1) is 10.2 Å². The number of carbonyl (C=O) groups excluding carboxylic acids is 1. The first-order valence-corrected chi connectivity index (χ1v) is 9.30. The fourth-order valence-electron chi connectivity index (χ4n) is 2.34. The summed E-state index contributed by atoms with van der Waals surface area (Å²) in [5, 5.41) is 12.2. The summed E-state index contributed by atoms with van der Waals surface area (Å²) in [6.45, 7) is 2.24. The summed E-state index contributed by atoms with van der Waals surface area (Å²) in [6.07, 6.45) is 1.91. The first kappa shape index (κ1) is 18.3. The lowest BCUT2D eigenvalue weighted by Gasteiger charge is -2.07. The van der Waals surface area contributed by atoms with Gasteiger partial charge in [0.25, 0.3) is 0 Å². The van der Waals surface area contributed by atoms with E-state index in [1.807, 2.05) is 25.1 Å². The van der Waals surface area contributed by atoms with Gasteiger partial charge >= 0.3 is 0 Å². The molecule has 0 bridgehead atoms. The Balaban J connectivity index is 1.49. The standard InChI is InChI=1S/C17H18ClN5O2S/c1-11-13(6-8-25-11)16-21-22-17(23(16)19)26-9-7-15(24)20-10-12-4-2-3-5-14(12)18/h2-6,8H,7,9-10,19H2,1H3,(H,20,24). The maximum Gasteiger partial charge on any atom is 0.221 e. The molecular weight excluding hydrogens is 374 g/mol. The van der Waals surface area contributed by atoms with Crippen LogP contribution in [-0.4, -0.2) is 26.5 Å². The number of nitrogens with two attached hydrogens (primary N) is 1. The van der Waals surface area contributed by atoms with E-state index < -0.39 is 0 Å². The molecule has 3 N–H and O–H groups in total. The molecule has 0 saturated heterocycles. The third kappa shape index (κ3) is 4.20. The monoisotopic (exact) mass is 391 g/mol. The number of aryl methyl sites for hydroxylation is 1. The summed E-state index contributed by atoms with van der Waals surface area (Å²) in [5.74, 6) is 7.77. The lowest BCUT2D eigenvalue weighted by Crippen LogP contribution is -2.23. The zero-order valence-corrected chi connectivity index (χ0v) is 15.7. The van der Waals surface area contributed by atoms with Crippen molar-refractivity contribution in [1.29, 1.82) is 0 Å². The quantitative estimate of drug-likeness (QED) is 0.474. The molecule has 0 atom stereocenters. The van der Waals surface area contributed by atoms with Crippen LogP contribution in [0.1, 0.15) is 17.7 Å². The van der Waals surface area contributed by atoms with Crippen molar-refractivity contribution in [2.24, 2.45) is 0 Å². The molecular formula is C17H18ClN5O2S. The van der Waals surface area contributed by atoms with E-state index >= 15 is 0 Å². The predicted molar refractivity (Wildman–Crippen MR) is 101 cm³/mol. The van der Waals surface area contributed by atoms with E-state index in [2.05, 4.69) is 15.5 Å². The molecule has 0 unspecified atom stereocenters. The Kier molecular flexibility index (Phi) is 5.85. The van der Waals surface area contributed by atoms with Crippen LogP contribution in [0.5, 0.6) is 0 Å². The summed E-state index contributed by atoms with van der Waals surface area (Å²) in [5.41, 5.74) is 1.68. The number of amides is 1. The Labute approximate surface area is 159 Å². The zero-order valence-electron chi connectivity index (χ0n) is 14.1. The van der Waals surface area contributed by atoms with E-state index in [0.717, 1.165) is 16.9 Å². The molecule has 0 saturated carbocycles. The number of benzene rings is 1. The minimum atomic E-state index is -0.0635. The van der Waals surface area contributed by atoms with E-state index in [-0.39, 0.29) is 5.91 Å². The van der Waals surface area contributed by atoms with Gasteiger partial charge in [-0.3, -0.25) is 4.79 Å². The third-order valence-corrected chi connectivity index (χ3v) is 5.07. The van der Waals surface area contributed by atoms with Gasteiger partial charge in [-0.1, -0.05) is 41.6 Å². The summed E-state index contributed by atoms with van der Waals surface area (Å²) in [6, 6.07) is 9.21. The van der Waals surface area contributed by atoms with Crippen LogP contribution in [0.2, 0.25) is 5.02 Å². The number of hydrogen-bond donors (Lipinski definition) is 2. The predicted octanol–water partition coefficient (Wildman–Crippen LogP) is 3.01. The fourth-order valence-corrected chi connectivity index (χ4v) is 3.33. The van der Waals surface area contributed by atoms with E-state index in [0.29, 0.717) is 34.7 Å². The number of furan rings is 1. The van der Waals surface area contributed by atoms with Crippen LogP contribution < -0.4 is 11.2 Å². The minimum absolute atomic E-state index is 0.0635. The molecule has 0 fully saturated rings. The van der Waals surface area contributed by atoms with Crippen molar-refractivity contribution in [2.75, 3.05) is 11.6 Å². The van der Waals surface area contributed by atoms with Gasteiger partial charge in [0.2, 0.25) is 11.1 Å². The Morgan fingerprint density at radius 1 is 1.35 bits per heavy atom. The average Bonchev–Trinajstić information content (AvgIpc) is 3.20. The Hall–Kier alpha value is -2.45. The van der Waals surface area contributed by atoms with Crippen molar-refractivity contribution < 1.29 is 9.21 Å². The molecule has 2 heterocycles. The van der Waals surface area contributed by atoms with Crippen molar-refractivity contribution in [2.45, 2.75) is 25.0 Å². The minimum Gasteiger partial charge on any atom is -0.469 e. The second-order valence-electron chi connectivity index (χ2n) is 5.53. The molecule has 136 valence electrons. The highest BCUT2D eigenvalue weighted by Crippen LogP contribution is 2.25. The molecule has 3 aromatic rings. The number of carbonyl (C=O) groups is 1. The molecule has 0 aliphatic heterocycles. The molecule has 9 heteroatoms. The van der Waals surface area contributed by atoms with Crippen molar-refractivity contribution >= 4 is 29.3 Å². The number of halogens is 1. The number of nitrogens with zero attached hydrogens (tertiary/aromatic N) is 3. The summed E-state index contributed by atoms with van der Waals surface area (Å²) >= 11 is 7.44. The van der Waals surface area contributed by atoms with E-state index in [1.54, 1.807) is 18.4 Å². The lowest BCUT2D eigenvalue weighted by molar-refractivity contribution is -0.120. The number of aromatic nitrogens is 3. The van der Waals surface area contributed by atoms with Crippen LogP contribution in [0.3, 0.4) is 0 Å². The summed E-state index contributed by atoms with van der Waals surface area (Å²) in [7, 11) is 0. The van der Waals surface area contributed by atoms with Gasteiger partial charge < -0.3 is 15.6 Å². The number of rotatable bonds is 7. The normalized spacial score (nSPS) is 10.8. The van der Waals surface area contributed by atoms with Crippen LogP contribution in [0.15, 0.2) is 46.2 Å². The molecule has 1 amide bonds. The Morgan fingerprint density at radius 3 is 2.88 bits per heavy atom. The molecule has 0 radical (unpaired) electrons. The molecule has 3 rings (SSSR count). The van der Waals surface area contributed by atoms with Crippen molar-refractivity contribution in [1.82, 2.24) is 20.2 Å². The smallest absolute Gasteiger partial charge is 0.221 e. The Bertz CT molecular complexity index is 908. The zero-order chi connectivity index (χ0) is 18.5. The van der Waals surface area contributed by atoms with E-state index in [1.165, 1.54) is 16.4 Å². The highest BCUT2D eigenvalue weighted by Gasteiger charge is 2.16. The van der Waals surface area contributed by atoms with Crippen LogP contribution in [0, 0.1) is 6.92 Å². The van der Waals surface area contributed by atoms with Gasteiger partial charge in [0.1, 0.15) is 5.76 Å². The van der Waals surface area contributed by atoms with Gasteiger partial charge in [-0.25, -0.2) is 4.68 Å². The van der Waals surface area contributed by atoms with Crippen LogP contribution in [-0.2, 0) is 11.3 Å². The average molecular weight is 392 g/mol. The first-order valence-electron chi connectivity index (χ1n) is 7.94. The summed E-state index contributed by atoms with van der Waals surface area (Å²) in [4.78, 5) is 12.0. The number of hydrogen-bond acceptors (Lipinski definition) is 6. The maximum absolute atomic E-state index is 12.0. The van der Waals surface area contributed by atoms with Gasteiger partial charge in [-0.05, 0) is 24.6 Å². The molecule has 2 aromatic heterocycles. The fraction of sp³-hybridized carbons (Fsp3) is 0.235. The molecule has 0 spiro atoms. The third-order valence-electron chi connectivity index (χ3n) is 3.76. The summed E-state index contributed by atoms with van der Waals surface area (Å²) < 4.78 is 6.67. The highest BCUT2D eigenvalue weighted by molar-refractivity contribution is 7.99. The van der Waals surface area contributed by atoms with Gasteiger partial charge in [0.15, 0.2) is 5.82 Å². The highest BCUT2D eigenvalue weighted by atomic mass is 35.5.